The van der Waals surface area contributed by atoms with Gasteiger partial charge in [0.05, 0.1) is 11.8 Å². The topological polar surface area (TPSA) is 22.1 Å². The van der Waals surface area contributed by atoms with Crippen LogP contribution < -0.4 is 0 Å². The third-order valence-electron chi connectivity index (χ3n) is 3.66. The molecule has 1 aromatic carbocycles. The highest BCUT2D eigenvalue weighted by Crippen LogP contribution is 2.25. The van der Waals surface area contributed by atoms with E-state index in [9.17, 15) is 4.39 Å². The van der Waals surface area contributed by atoms with Crippen LogP contribution in [0.15, 0.2) is 41.0 Å². The number of pyridine rings is 1. The first kappa shape index (κ1) is 17.8. The van der Waals surface area contributed by atoms with Gasteiger partial charge in [-0.3, -0.25) is 4.98 Å². The van der Waals surface area contributed by atoms with Crippen molar-refractivity contribution >= 4 is 27.8 Å². The molecule has 4 heteroatoms. The number of rotatable bonds is 6. The Morgan fingerprint density at radius 3 is 2.78 bits per heavy atom. The van der Waals surface area contributed by atoms with Gasteiger partial charge in [-0.05, 0) is 55.2 Å². The molecule has 1 aromatic heterocycles. The molecule has 0 aliphatic heterocycles. The Hall–Kier alpha value is -1.52. The third-order valence-corrected chi connectivity index (χ3v) is 4.52. The highest BCUT2D eigenvalue weighted by molar-refractivity contribution is 9.10. The van der Waals surface area contributed by atoms with E-state index in [1.165, 1.54) is 6.08 Å². The van der Waals surface area contributed by atoms with Crippen molar-refractivity contribution in [3.8, 4) is 0 Å². The van der Waals surface area contributed by atoms with Gasteiger partial charge in [0, 0.05) is 17.3 Å². The average molecular weight is 378 g/mol. The maximum atomic E-state index is 14.4. The van der Waals surface area contributed by atoms with Crippen molar-refractivity contribution in [2.45, 2.75) is 33.3 Å². The summed E-state index contributed by atoms with van der Waals surface area (Å²) in [5.41, 5.74) is 3.12. The molecule has 0 bridgehead atoms. The lowest BCUT2D eigenvalue weighted by molar-refractivity contribution is 0.0660. The van der Waals surface area contributed by atoms with Gasteiger partial charge in [-0.1, -0.05) is 41.1 Å². The van der Waals surface area contributed by atoms with Crippen molar-refractivity contribution < 1.29 is 9.13 Å². The van der Waals surface area contributed by atoms with Crippen LogP contribution in [0.1, 0.15) is 48.8 Å². The summed E-state index contributed by atoms with van der Waals surface area (Å²) in [6.07, 6.45) is 4.13. The van der Waals surface area contributed by atoms with E-state index in [0.29, 0.717) is 12.3 Å². The fourth-order valence-electron chi connectivity index (χ4n) is 2.17. The van der Waals surface area contributed by atoms with Gasteiger partial charge < -0.3 is 4.74 Å². The van der Waals surface area contributed by atoms with Gasteiger partial charge in [0.25, 0.3) is 0 Å². The number of hydrogen-bond donors (Lipinski definition) is 0. The fourth-order valence-corrected chi connectivity index (χ4v) is 2.55. The largest absolute Gasteiger partial charge is 0.374 e. The van der Waals surface area contributed by atoms with Gasteiger partial charge >= 0.3 is 0 Å². The van der Waals surface area contributed by atoms with Gasteiger partial charge in [-0.2, -0.15) is 0 Å². The van der Waals surface area contributed by atoms with Crippen LogP contribution in [0.4, 0.5) is 4.39 Å². The minimum Gasteiger partial charge on any atom is -0.374 e. The second-order valence-corrected chi connectivity index (χ2v) is 6.29. The SMILES string of the molecule is CCCOC(C)c1ccc(/C(F)=C/c2cccc(Br)c2C)nc1. The molecular weight excluding hydrogens is 357 g/mol. The maximum Gasteiger partial charge on any atom is 0.149 e. The number of halogens is 2. The van der Waals surface area contributed by atoms with Crippen LogP contribution in [-0.2, 0) is 4.74 Å². The lowest BCUT2D eigenvalue weighted by atomic mass is 10.1. The predicted molar refractivity (Wildman–Crippen MR) is 96.8 cm³/mol. The smallest absolute Gasteiger partial charge is 0.149 e. The number of aromatic nitrogens is 1. The molecule has 0 N–H and O–H groups in total. The van der Waals surface area contributed by atoms with Crippen molar-refractivity contribution in [3.63, 3.8) is 0 Å². The molecule has 2 aromatic rings. The van der Waals surface area contributed by atoms with E-state index in [4.69, 9.17) is 4.74 Å². The predicted octanol–water partition coefficient (Wildman–Crippen LogP) is 6.11. The van der Waals surface area contributed by atoms with E-state index in [0.717, 1.165) is 27.6 Å². The zero-order valence-electron chi connectivity index (χ0n) is 13.6. The molecule has 2 nitrogen and oxygen atoms in total. The number of hydrogen-bond acceptors (Lipinski definition) is 2. The molecule has 0 spiro atoms. The molecule has 1 heterocycles. The summed E-state index contributed by atoms with van der Waals surface area (Å²) in [6.45, 7) is 6.70. The number of benzene rings is 1. The Balaban J connectivity index is 2.18. The maximum absolute atomic E-state index is 14.4. The van der Waals surface area contributed by atoms with Gasteiger partial charge in [-0.15, -0.1) is 0 Å². The summed E-state index contributed by atoms with van der Waals surface area (Å²) >= 11 is 3.46. The van der Waals surface area contributed by atoms with Crippen LogP contribution in [0.25, 0.3) is 11.9 Å². The minimum atomic E-state index is -0.347. The summed E-state index contributed by atoms with van der Waals surface area (Å²) in [5, 5.41) is 0. The van der Waals surface area contributed by atoms with E-state index in [2.05, 4.69) is 27.8 Å². The highest BCUT2D eigenvalue weighted by Gasteiger charge is 2.09. The Kier molecular flexibility index (Phi) is 6.48. The van der Waals surface area contributed by atoms with E-state index < -0.39 is 0 Å². The molecule has 0 radical (unpaired) electrons. The van der Waals surface area contributed by atoms with E-state index in [-0.39, 0.29) is 11.9 Å². The molecule has 1 unspecified atom stereocenters. The molecule has 0 fully saturated rings. The van der Waals surface area contributed by atoms with Crippen molar-refractivity contribution in [2.24, 2.45) is 0 Å². The lowest BCUT2D eigenvalue weighted by Crippen LogP contribution is -2.01. The molecule has 0 aliphatic rings. The van der Waals surface area contributed by atoms with Crippen LogP contribution in [0.2, 0.25) is 0 Å². The first-order valence-electron chi connectivity index (χ1n) is 7.73. The molecule has 0 saturated heterocycles. The van der Waals surface area contributed by atoms with Crippen molar-refractivity contribution in [3.05, 3.63) is 63.4 Å². The molecule has 23 heavy (non-hydrogen) atoms. The summed E-state index contributed by atoms with van der Waals surface area (Å²) < 4.78 is 21.0. The normalized spacial score (nSPS) is 13.2. The van der Waals surface area contributed by atoms with Gasteiger partial charge in [0.2, 0.25) is 0 Å². The molecule has 122 valence electrons. The number of nitrogens with zero attached hydrogens (tertiary/aromatic N) is 1. The molecule has 0 saturated carbocycles. The lowest BCUT2D eigenvalue weighted by Gasteiger charge is -2.12. The van der Waals surface area contributed by atoms with E-state index in [1.54, 1.807) is 12.3 Å². The molecule has 0 amide bonds. The molecule has 0 aliphatic carbocycles. The Morgan fingerprint density at radius 2 is 2.13 bits per heavy atom. The fraction of sp³-hybridized carbons (Fsp3) is 0.316. The van der Waals surface area contributed by atoms with Crippen LogP contribution in [0.5, 0.6) is 0 Å². The average Bonchev–Trinajstić information content (AvgIpc) is 2.57. The van der Waals surface area contributed by atoms with Crippen LogP contribution in [-0.4, -0.2) is 11.6 Å². The second-order valence-electron chi connectivity index (χ2n) is 5.44. The van der Waals surface area contributed by atoms with Gasteiger partial charge in [-0.25, -0.2) is 4.39 Å². The summed E-state index contributed by atoms with van der Waals surface area (Å²) in [7, 11) is 0. The van der Waals surface area contributed by atoms with Gasteiger partial charge in [0.15, 0.2) is 0 Å². The molecule has 1 atom stereocenters. The Morgan fingerprint density at radius 1 is 1.35 bits per heavy atom. The highest BCUT2D eigenvalue weighted by atomic mass is 79.9. The van der Waals surface area contributed by atoms with Crippen LogP contribution in [0.3, 0.4) is 0 Å². The monoisotopic (exact) mass is 377 g/mol. The van der Waals surface area contributed by atoms with E-state index >= 15 is 0 Å². The first-order chi connectivity index (χ1) is 11.0. The Bertz CT molecular complexity index is 682. The standard InChI is InChI=1S/C19H21BrFNO/c1-4-10-23-14(3)16-8-9-19(22-12-16)18(21)11-15-6-5-7-17(20)13(15)2/h5-9,11-12,14H,4,10H2,1-3H3/b18-11-. The second kappa shape index (κ2) is 8.37. The summed E-state index contributed by atoms with van der Waals surface area (Å²) in [6, 6.07) is 9.27. The molecular formula is C19H21BrFNO. The van der Waals surface area contributed by atoms with Crippen molar-refractivity contribution in [1.29, 1.82) is 0 Å². The summed E-state index contributed by atoms with van der Waals surface area (Å²) in [4.78, 5) is 4.22. The minimum absolute atomic E-state index is 0.0316. The third kappa shape index (κ3) is 4.72. The van der Waals surface area contributed by atoms with Crippen LogP contribution in [0, 0.1) is 6.92 Å². The zero-order valence-corrected chi connectivity index (χ0v) is 15.2. The molecule has 2 rings (SSSR count). The van der Waals surface area contributed by atoms with Crippen molar-refractivity contribution in [1.82, 2.24) is 4.98 Å². The van der Waals surface area contributed by atoms with Gasteiger partial charge in [0.1, 0.15) is 5.83 Å². The van der Waals surface area contributed by atoms with E-state index in [1.807, 2.05) is 38.1 Å². The summed E-state index contributed by atoms with van der Waals surface area (Å²) in [5.74, 6) is -0.347. The van der Waals surface area contributed by atoms with Crippen LogP contribution >= 0.6 is 15.9 Å². The number of ether oxygens (including phenoxy) is 1. The zero-order chi connectivity index (χ0) is 16.8. The Labute approximate surface area is 145 Å². The van der Waals surface area contributed by atoms with Crippen molar-refractivity contribution in [2.75, 3.05) is 6.61 Å². The quantitative estimate of drug-likeness (QED) is 0.605. The first-order valence-corrected chi connectivity index (χ1v) is 8.52.